The molecule has 1 aromatic heterocycles. The number of hydrogen-bond acceptors (Lipinski definition) is 3. The zero-order valence-corrected chi connectivity index (χ0v) is 11.0. The molecule has 0 unspecified atom stereocenters. The molecule has 0 amide bonds. The molecule has 0 saturated heterocycles. The molecule has 1 heterocycles. The van der Waals surface area contributed by atoms with Crippen molar-refractivity contribution in [3.05, 3.63) is 30.1 Å². The highest BCUT2D eigenvalue weighted by molar-refractivity contribution is 5.56. The molecule has 0 radical (unpaired) electrons. The molecule has 2 aromatic rings. The molecule has 5 heteroatoms. The average Bonchev–Trinajstić information content (AvgIpc) is 2.95. The van der Waals surface area contributed by atoms with E-state index in [1.165, 1.54) is 0 Å². The van der Waals surface area contributed by atoms with Gasteiger partial charge in [-0.1, -0.05) is 0 Å². The maximum Gasteiger partial charge on any atom is 0.181 e. The molecule has 1 aliphatic rings. The minimum absolute atomic E-state index is 0.0709. The molecule has 19 heavy (non-hydrogen) atoms. The van der Waals surface area contributed by atoms with E-state index in [9.17, 15) is 9.50 Å². The number of aromatic hydroxyl groups is 1. The van der Waals surface area contributed by atoms with E-state index in [-0.39, 0.29) is 11.8 Å². The van der Waals surface area contributed by atoms with Gasteiger partial charge >= 0.3 is 0 Å². The predicted molar refractivity (Wildman–Crippen MR) is 69.5 cm³/mol. The molecular weight excluding hydrogens is 245 g/mol. The molecule has 1 fully saturated rings. The van der Waals surface area contributed by atoms with Crippen LogP contribution in [0.2, 0.25) is 0 Å². The van der Waals surface area contributed by atoms with Crippen LogP contribution in [-0.2, 0) is 5.67 Å². The van der Waals surface area contributed by atoms with Crippen molar-refractivity contribution in [2.75, 3.05) is 0 Å². The first-order valence-corrected chi connectivity index (χ1v) is 6.45. The van der Waals surface area contributed by atoms with E-state index in [0.717, 1.165) is 5.56 Å². The van der Waals surface area contributed by atoms with Crippen LogP contribution in [0, 0.1) is 0 Å². The van der Waals surface area contributed by atoms with Crippen LogP contribution in [0.25, 0.3) is 11.4 Å². The van der Waals surface area contributed by atoms with E-state index in [4.69, 9.17) is 0 Å². The van der Waals surface area contributed by atoms with Crippen molar-refractivity contribution in [1.29, 1.82) is 0 Å². The van der Waals surface area contributed by atoms with Gasteiger partial charge in [0.05, 0.1) is 0 Å². The first kappa shape index (κ1) is 12.1. The molecule has 0 spiro atoms. The van der Waals surface area contributed by atoms with Gasteiger partial charge < -0.3 is 5.11 Å². The summed E-state index contributed by atoms with van der Waals surface area (Å²) in [6.07, 6.45) is 1.04. The summed E-state index contributed by atoms with van der Waals surface area (Å²) in [6, 6.07) is 6.69. The Morgan fingerprint density at radius 1 is 1.26 bits per heavy atom. The van der Waals surface area contributed by atoms with E-state index in [2.05, 4.69) is 10.1 Å². The fraction of sp³-hybridized carbons (Fsp3) is 0.429. The molecule has 0 atom stereocenters. The number of phenolic OH excluding ortho intramolecular Hbond substituents is 1. The third-order valence-electron chi connectivity index (χ3n) is 3.34. The van der Waals surface area contributed by atoms with E-state index >= 15 is 0 Å². The Hall–Kier alpha value is -1.91. The van der Waals surface area contributed by atoms with Gasteiger partial charge in [-0.15, -0.1) is 0 Å². The third-order valence-corrected chi connectivity index (χ3v) is 3.34. The van der Waals surface area contributed by atoms with Crippen molar-refractivity contribution in [3.8, 4) is 17.1 Å². The van der Waals surface area contributed by atoms with Gasteiger partial charge in [-0.3, -0.25) is 0 Å². The summed E-state index contributed by atoms with van der Waals surface area (Å²) in [7, 11) is 0. The van der Waals surface area contributed by atoms with Gasteiger partial charge in [0.2, 0.25) is 0 Å². The van der Waals surface area contributed by atoms with Crippen LogP contribution in [0.15, 0.2) is 24.3 Å². The number of alkyl halides is 1. The SMILES string of the molecule is CC(C)n1nc(-c2ccc(O)cc2)nc1C1(F)CC1. The zero-order valence-electron chi connectivity index (χ0n) is 11.0. The highest BCUT2D eigenvalue weighted by Crippen LogP contribution is 2.49. The lowest BCUT2D eigenvalue weighted by Gasteiger charge is -2.10. The number of hydrogen-bond donors (Lipinski definition) is 1. The van der Waals surface area contributed by atoms with E-state index in [1.807, 2.05) is 13.8 Å². The molecule has 100 valence electrons. The van der Waals surface area contributed by atoms with Crippen molar-refractivity contribution in [2.45, 2.75) is 38.4 Å². The zero-order chi connectivity index (χ0) is 13.6. The highest BCUT2D eigenvalue weighted by Gasteiger charge is 2.49. The largest absolute Gasteiger partial charge is 0.508 e. The molecule has 4 nitrogen and oxygen atoms in total. The minimum Gasteiger partial charge on any atom is -0.508 e. The Balaban J connectivity index is 2.06. The normalized spacial score (nSPS) is 16.8. The Morgan fingerprint density at radius 3 is 2.42 bits per heavy atom. The number of rotatable bonds is 3. The van der Waals surface area contributed by atoms with Gasteiger partial charge in [0, 0.05) is 11.6 Å². The second-order valence-corrected chi connectivity index (χ2v) is 5.31. The molecule has 1 aliphatic carbocycles. The standard InChI is InChI=1S/C14H16FN3O/c1-9(2)18-13(14(15)7-8-14)16-12(17-18)10-3-5-11(19)6-4-10/h3-6,9,19H,7-8H2,1-2H3. The summed E-state index contributed by atoms with van der Waals surface area (Å²) < 4.78 is 15.9. The van der Waals surface area contributed by atoms with Crippen LogP contribution in [0.1, 0.15) is 38.6 Å². The molecule has 3 rings (SSSR count). The molecule has 0 aliphatic heterocycles. The molecule has 1 saturated carbocycles. The summed E-state index contributed by atoms with van der Waals surface area (Å²) >= 11 is 0. The highest BCUT2D eigenvalue weighted by atomic mass is 19.1. The van der Waals surface area contributed by atoms with Crippen molar-refractivity contribution in [1.82, 2.24) is 14.8 Å². The summed E-state index contributed by atoms with van der Waals surface area (Å²) in [4.78, 5) is 4.36. The van der Waals surface area contributed by atoms with E-state index in [1.54, 1.807) is 28.9 Å². The summed E-state index contributed by atoms with van der Waals surface area (Å²) in [5.41, 5.74) is -0.519. The van der Waals surface area contributed by atoms with Crippen LogP contribution in [0.4, 0.5) is 4.39 Å². The number of nitrogens with zero attached hydrogens (tertiary/aromatic N) is 3. The molecule has 1 N–H and O–H groups in total. The average molecular weight is 261 g/mol. The number of halogens is 1. The van der Waals surface area contributed by atoms with Gasteiger partial charge in [-0.05, 0) is 51.0 Å². The number of phenols is 1. The van der Waals surface area contributed by atoms with E-state index in [0.29, 0.717) is 24.5 Å². The third kappa shape index (κ3) is 2.09. The van der Waals surface area contributed by atoms with Crippen LogP contribution in [0.5, 0.6) is 5.75 Å². The molecular formula is C14H16FN3O. The summed E-state index contributed by atoms with van der Waals surface area (Å²) in [5.74, 6) is 1.12. The van der Waals surface area contributed by atoms with Gasteiger partial charge in [0.15, 0.2) is 17.3 Å². The maximum absolute atomic E-state index is 14.3. The quantitative estimate of drug-likeness (QED) is 0.923. The van der Waals surface area contributed by atoms with Crippen LogP contribution >= 0.6 is 0 Å². The Kier molecular flexibility index (Phi) is 2.59. The van der Waals surface area contributed by atoms with Crippen LogP contribution in [-0.4, -0.2) is 19.9 Å². The molecule has 0 bridgehead atoms. The van der Waals surface area contributed by atoms with Gasteiger partial charge in [-0.2, -0.15) is 5.10 Å². The second-order valence-electron chi connectivity index (χ2n) is 5.31. The summed E-state index contributed by atoms with van der Waals surface area (Å²) in [6.45, 7) is 3.93. The fourth-order valence-corrected chi connectivity index (χ4v) is 2.05. The number of benzene rings is 1. The van der Waals surface area contributed by atoms with Gasteiger partial charge in [-0.25, -0.2) is 14.1 Å². The monoisotopic (exact) mass is 261 g/mol. The first-order chi connectivity index (χ1) is 8.99. The second kappa shape index (κ2) is 4.05. The van der Waals surface area contributed by atoms with Gasteiger partial charge in [0.1, 0.15) is 5.75 Å². The summed E-state index contributed by atoms with van der Waals surface area (Å²) in [5, 5.41) is 13.7. The lowest BCUT2D eigenvalue weighted by atomic mass is 10.2. The first-order valence-electron chi connectivity index (χ1n) is 6.45. The fourth-order valence-electron chi connectivity index (χ4n) is 2.05. The Morgan fingerprint density at radius 2 is 1.89 bits per heavy atom. The van der Waals surface area contributed by atoms with Gasteiger partial charge in [0.25, 0.3) is 0 Å². The maximum atomic E-state index is 14.3. The van der Waals surface area contributed by atoms with Crippen molar-refractivity contribution in [2.24, 2.45) is 0 Å². The van der Waals surface area contributed by atoms with Crippen LogP contribution in [0.3, 0.4) is 0 Å². The van der Waals surface area contributed by atoms with Crippen LogP contribution < -0.4 is 0 Å². The number of aromatic nitrogens is 3. The smallest absolute Gasteiger partial charge is 0.181 e. The van der Waals surface area contributed by atoms with Crippen molar-refractivity contribution < 1.29 is 9.50 Å². The Bertz CT molecular complexity index is 600. The predicted octanol–water partition coefficient (Wildman–Crippen LogP) is 3.19. The lowest BCUT2D eigenvalue weighted by Crippen LogP contribution is -2.13. The lowest BCUT2D eigenvalue weighted by molar-refractivity contribution is 0.279. The van der Waals surface area contributed by atoms with Crippen molar-refractivity contribution >= 4 is 0 Å². The van der Waals surface area contributed by atoms with Crippen molar-refractivity contribution in [3.63, 3.8) is 0 Å². The van der Waals surface area contributed by atoms with E-state index < -0.39 is 5.67 Å². The molecule has 1 aromatic carbocycles. The minimum atomic E-state index is -1.30. The topological polar surface area (TPSA) is 50.9 Å². The Labute approximate surface area is 110 Å².